The van der Waals surface area contributed by atoms with Crippen molar-refractivity contribution in [1.82, 2.24) is 9.38 Å². The van der Waals surface area contributed by atoms with Gasteiger partial charge in [-0.2, -0.15) is 0 Å². The first-order chi connectivity index (χ1) is 7.58. The van der Waals surface area contributed by atoms with Crippen LogP contribution in [-0.2, 0) is 6.42 Å². The van der Waals surface area contributed by atoms with Crippen LogP contribution in [0.4, 0.5) is 5.69 Å². The topological polar surface area (TPSA) is 46.6 Å². The molecule has 1 unspecified atom stereocenters. The molecule has 86 valence electrons. The van der Waals surface area contributed by atoms with Gasteiger partial charge in [-0.3, -0.25) is 0 Å². The maximum Gasteiger partial charge on any atom is 0.114 e. The van der Waals surface area contributed by atoms with Crippen molar-refractivity contribution in [2.24, 2.45) is 5.73 Å². The van der Waals surface area contributed by atoms with E-state index < -0.39 is 0 Å². The molecule has 0 saturated carbocycles. The number of fused-ring (bicyclic) bond motifs is 1. The second-order valence-corrected chi connectivity index (χ2v) is 4.43. The lowest BCUT2D eigenvalue weighted by Crippen LogP contribution is -2.19. The Hall–Kier alpha value is -1.55. The van der Waals surface area contributed by atoms with Crippen molar-refractivity contribution in [3.63, 3.8) is 0 Å². The maximum atomic E-state index is 5.79. The van der Waals surface area contributed by atoms with Gasteiger partial charge in [-0.1, -0.05) is 0 Å². The van der Waals surface area contributed by atoms with Crippen LogP contribution in [-0.4, -0.2) is 29.5 Å². The van der Waals surface area contributed by atoms with Crippen molar-refractivity contribution < 1.29 is 0 Å². The molecule has 0 aliphatic rings. The van der Waals surface area contributed by atoms with Crippen LogP contribution in [0.3, 0.4) is 0 Å². The monoisotopic (exact) mass is 218 g/mol. The highest BCUT2D eigenvalue weighted by Gasteiger charge is 2.06. The molecule has 2 rings (SSSR count). The molecule has 1 atom stereocenters. The Morgan fingerprint density at radius 3 is 2.88 bits per heavy atom. The molecular weight excluding hydrogens is 200 g/mol. The number of imidazole rings is 1. The van der Waals surface area contributed by atoms with Gasteiger partial charge in [-0.25, -0.2) is 4.98 Å². The average molecular weight is 218 g/mol. The van der Waals surface area contributed by atoms with Crippen LogP contribution in [0.25, 0.3) is 5.52 Å². The summed E-state index contributed by atoms with van der Waals surface area (Å²) in [5, 5.41) is 0. The summed E-state index contributed by atoms with van der Waals surface area (Å²) in [6.45, 7) is 2.00. The van der Waals surface area contributed by atoms with Gasteiger partial charge < -0.3 is 15.0 Å². The second-order valence-electron chi connectivity index (χ2n) is 4.43. The summed E-state index contributed by atoms with van der Waals surface area (Å²) < 4.78 is 2.09. The van der Waals surface area contributed by atoms with E-state index in [1.54, 1.807) is 0 Å². The molecule has 0 radical (unpaired) electrons. The molecule has 16 heavy (non-hydrogen) atoms. The fraction of sp³-hybridized carbons (Fsp3) is 0.417. The van der Waals surface area contributed by atoms with E-state index in [0.717, 1.165) is 17.8 Å². The van der Waals surface area contributed by atoms with Crippen molar-refractivity contribution in [3.8, 4) is 0 Å². The minimum atomic E-state index is 0.138. The first kappa shape index (κ1) is 11.0. The Morgan fingerprint density at radius 2 is 2.25 bits per heavy atom. The quantitative estimate of drug-likeness (QED) is 0.844. The molecule has 0 spiro atoms. The zero-order chi connectivity index (χ0) is 11.7. The molecule has 0 aliphatic carbocycles. The Balaban J connectivity index is 2.42. The van der Waals surface area contributed by atoms with Crippen LogP contribution >= 0.6 is 0 Å². The Kier molecular flexibility index (Phi) is 2.83. The SMILES string of the molecule is CC(N)Cc1ncc2cc(N(C)C)ccn12. The summed E-state index contributed by atoms with van der Waals surface area (Å²) in [6, 6.07) is 4.34. The molecular formula is C12H18N4. The second kappa shape index (κ2) is 4.14. The van der Waals surface area contributed by atoms with Crippen molar-refractivity contribution in [3.05, 3.63) is 30.4 Å². The highest BCUT2D eigenvalue weighted by molar-refractivity contribution is 5.58. The number of anilines is 1. The van der Waals surface area contributed by atoms with Crippen molar-refractivity contribution in [2.45, 2.75) is 19.4 Å². The van der Waals surface area contributed by atoms with E-state index in [1.165, 1.54) is 5.69 Å². The van der Waals surface area contributed by atoms with E-state index in [0.29, 0.717) is 0 Å². The minimum Gasteiger partial charge on any atom is -0.378 e. The maximum absolute atomic E-state index is 5.79. The largest absolute Gasteiger partial charge is 0.378 e. The Labute approximate surface area is 95.7 Å². The van der Waals surface area contributed by atoms with E-state index in [2.05, 4.69) is 32.6 Å². The number of nitrogens with two attached hydrogens (primary N) is 1. The summed E-state index contributed by atoms with van der Waals surface area (Å²) in [5.41, 5.74) is 8.08. The molecule has 2 aromatic heterocycles. The Morgan fingerprint density at radius 1 is 1.50 bits per heavy atom. The number of aromatic nitrogens is 2. The molecule has 0 aliphatic heterocycles. The first-order valence-electron chi connectivity index (χ1n) is 5.47. The van der Waals surface area contributed by atoms with Crippen LogP contribution in [0.2, 0.25) is 0 Å². The number of rotatable bonds is 3. The third kappa shape index (κ3) is 2.02. The average Bonchev–Trinajstić information content (AvgIpc) is 2.60. The van der Waals surface area contributed by atoms with Crippen LogP contribution in [0.5, 0.6) is 0 Å². The predicted octanol–water partition coefficient (Wildman–Crippen LogP) is 1.29. The van der Waals surface area contributed by atoms with Crippen LogP contribution < -0.4 is 10.6 Å². The van der Waals surface area contributed by atoms with E-state index in [-0.39, 0.29) is 6.04 Å². The fourth-order valence-electron chi connectivity index (χ4n) is 1.76. The number of pyridine rings is 1. The summed E-state index contributed by atoms with van der Waals surface area (Å²) in [5.74, 6) is 1.02. The lowest BCUT2D eigenvalue weighted by Gasteiger charge is -2.12. The number of nitrogens with zero attached hydrogens (tertiary/aromatic N) is 3. The molecule has 4 nitrogen and oxygen atoms in total. The lowest BCUT2D eigenvalue weighted by molar-refractivity contribution is 0.700. The van der Waals surface area contributed by atoms with Gasteiger partial charge in [0, 0.05) is 38.4 Å². The van der Waals surface area contributed by atoms with Gasteiger partial charge in [0.05, 0.1) is 11.7 Å². The third-order valence-corrected chi connectivity index (χ3v) is 2.61. The fourth-order valence-corrected chi connectivity index (χ4v) is 1.76. The van der Waals surface area contributed by atoms with Gasteiger partial charge >= 0.3 is 0 Å². The highest BCUT2D eigenvalue weighted by Crippen LogP contribution is 2.16. The standard InChI is InChI=1S/C12H18N4/c1-9(13)6-12-14-8-11-7-10(15(2)3)4-5-16(11)12/h4-5,7-9H,6,13H2,1-3H3. The molecule has 2 N–H and O–H groups in total. The molecule has 0 fully saturated rings. The van der Waals surface area contributed by atoms with Gasteiger partial charge in [0.1, 0.15) is 5.82 Å². The third-order valence-electron chi connectivity index (χ3n) is 2.61. The molecule has 2 aromatic rings. The number of hydrogen-bond donors (Lipinski definition) is 1. The van der Waals surface area contributed by atoms with Gasteiger partial charge in [0.2, 0.25) is 0 Å². The first-order valence-corrected chi connectivity index (χ1v) is 5.47. The van der Waals surface area contributed by atoms with E-state index in [4.69, 9.17) is 5.73 Å². The van der Waals surface area contributed by atoms with E-state index in [9.17, 15) is 0 Å². The smallest absolute Gasteiger partial charge is 0.114 e. The molecule has 0 amide bonds. The van der Waals surface area contributed by atoms with Crippen LogP contribution in [0.15, 0.2) is 24.5 Å². The lowest BCUT2D eigenvalue weighted by atomic mass is 10.2. The zero-order valence-corrected chi connectivity index (χ0v) is 10.0. The molecule has 4 heteroatoms. The van der Waals surface area contributed by atoms with E-state index in [1.807, 2.05) is 27.2 Å². The summed E-state index contributed by atoms with van der Waals surface area (Å²) in [6.07, 6.45) is 4.75. The molecule has 0 saturated heterocycles. The zero-order valence-electron chi connectivity index (χ0n) is 10.0. The van der Waals surface area contributed by atoms with Crippen molar-refractivity contribution in [1.29, 1.82) is 0 Å². The summed E-state index contributed by atoms with van der Waals surface area (Å²) in [7, 11) is 4.07. The highest BCUT2D eigenvalue weighted by atomic mass is 15.1. The summed E-state index contributed by atoms with van der Waals surface area (Å²) >= 11 is 0. The Bertz CT molecular complexity index is 485. The van der Waals surface area contributed by atoms with Crippen LogP contribution in [0.1, 0.15) is 12.7 Å². The summed E-state index contributed by atoms with van der Waals surface area (Å²) in [4.78, 5) is 6.48. The van der Waals surface area contributed by atoms with E-state index >= 15 is 0 Å². The molecule has 2 heterocycles. The normalized spacial score (nSPS) is 13.0. The number of hydrogen-bond acceptors (Lipinski definition) is 3. The van der Waals surface area contributed by atoms with Crippen LogP contribution in [0, 0.1) is 0 Å². The van der Waals surface area contributed by atoms with Gasteiger partial charge in [0.25, 0.3) is 0 Å². The van der Waals surface area contributed by atoms with Gasteiger partial charge in [0.15, 0.2) is 0 Å². The molecule has 0 aromatic carbocycles. The van der Waals surface area contributed by atoms with Gasteiger partial charge in [-0.05, 0) is 19.1 Å². The molecule has 0 bridgehead atoms. The van der Waals surface area contributed by atoms with Crippen molar-refractivity contribution >= 4 is 11.2 Å². The predicted molar refractivity (Wildman–Crippen MR) is 66.9 cm³/mol. The van der Waals surface area contributed by atoms with Gasteiger partial charge in [-0.15, -0.1) is 0 Å². The van der Waals surface area contributed by atoms with Crippen molar-refractivity contribution in [2.75, 3.05) is 19.0 Å². The minimum absolute atomic E-state index is 0.138.